The van der Waals surface area contributed by atoms with Crippen LogP contribution < -0.4 is 4.74 Å². The van der Waals surface area contributed by atoms with Crippen LogP contribution in [0.1, 0.15) is 13.3 Å². The molecule has 0 saturated carbocycles. The van der Waals surface area contributed by atoms with Crippen LogP contribution in [0.2, 0.25) is 0 Å². The van der Waals surface area contributed by atoms with Crippen LogP contribution in [-0.4, -0.2) is 56.8 Å². The van der Waals surface area contributed by atoms with Crippen LogP contribution in [0, 0.1) is 0 Å². The summed E-state index contributed by atoms with van der Waals surface area (Å²) in [5, 5.41) is 8.69. The van der Waals surface area contributed by atoms with Crippen LogP contribution in [-0.2, 0) is 14.8 Å². The summed E-state index contributed by atoms with van der Waals surface area (Å²) < 4.78 is 37.3. The third kappa shape index (κ3) is 3.94. The molecular weight excluding hydrogens is 294 g/mol. The average Bonchev–Trinajstić information content (AvgIpc) is 2.53. The predicted molar refractivity (Wildman–Crippen MR) is 77.8 cm³/mol. The first-order chi connectivity index (χ1) is 10.1. The first-order valence-electron chi connectivity index (χ1n) is 7.03. The van der Waals surface area contributed by atoms with E-state index in [1.165, 1.54) is 16.4 Å². The molecule has 6 nitrogen and oxygen atoms in total. The SMILES string of the molecule is CCC1CN(S(=O)(=O)c2ccc(OCCO)cc2)CCO1. The van der Waals surface area contributed by atoms with Gasteiger partial charge in [-0.05, 0) is 30.7 Å². The minimum Gasteiger partial charge on any atom is -0.491 e. The summed E-state index contributed by atoms with van der Waals surface area (Å²) in [5.74, 6) is 0.538. The molecule has 1 aliphatic heterocycles. The smallest absolute Gasteiger partial charge is 0.243 e. The molecule has 1 unspecified atom stereocenters. The zero-order valence-electron chi connectivity index (χ0n) is 12.1. The third-order valence-electron chi connectivity index (χ3n) is 3.38. The standard InChI is InChI=1S/C14H21NO5S/c1-2-12-11-15(7-9-19-12)21(17,18)14-5-3-13(4-6-14)20-10-8-16/h3-6,12,16H,2,7-11H2,1H3. The van der Waals surface area contributed by atoms with Gasteiger partial charge in [0.1, 0.15) is 12.4 Å². The zero-order chi connectivity index (χ0) is 15.3. The van der Waals surface area contributed by atoms with Crippen molar-refractivity contribution in [3.8, 4) is 5.75 Å². The van der Waals surface area contributed by atoms with E-state index in [0.29, 0.717) is 25.4 Å². The van der Waals surface area contributed by atoms with Crippen molar-refractivity contribution in [1.82, 2.24) is 4.31 Å². The number of hydrogen-bond acceptors (Lipinski definition) is 5. The molecule has 0 bridgehead atoms. The van der Waals surface area contributed by atoms with Gasteiger partial charge in [-0.25, -0.2) is 8.42 Å². The summed E-state index contributed by atoms with van der Waals surface area (Å²) in [6.45, 7) is 3.28. The fraction of sp³-hybridized carbons (Fsp3) is 0.571. The van der Waals surface area contributed by atoms with Crippen molar-refractivity contribution in [2.24, 2.45) is 0 Å². The van der Waals surface area contributed by atoms with Gasteiger partial charge < -0.3 is 14.6 Å². The van der Waals surface area contributed by atoms with Gasteiger partial charge in [-0.2, -0.15) is 4.31 Å². The zero-order valence-corrected chi connectivity index (χ0v) is 12.9. The molecule has 0 spiro atoms. The fourth-order valence-electron chi connectivity index (χ4n) is 2.18. The number of aliphatic hydroxyl groups excluding tert-OH is 1. The van der Waals surface area contributed by atoms with E-state index in [9.17, 15) is 8.42 Å². The van der Waals surface area contributed by atoms with E-state index >= 15 is 0 Å². The Labute approximate surface area is 125 Å². The number of sulfonamides is 1. The van der Waals surface area contributed by atoms with Gasteiger partial charge >= 0.3 is 0 Å². The molecule has 1 atom stereocenters. The van der Waals surface area contributed by atoms with Crippen molar-refractivity contribution >= 4 is 10.0 Å². The second-order valence-electron chi connectivity index (χ2n) is 4.81. The van der Waals surface area contributed by atoms with Crippen molar-refractivity contribution in [1.29, 1.82) is 0 Å². The molecule has 7 heteroatoms. The summed E-state index contributed by atoms with van der Waals surface area (Å²) in [4.78, 5) is 0.246. The van der Waals surface area contributed by atoms with Gasteiger partial charge in [-0.15, -0.1) is 0 Å². The van der Waals surface area contributed by atoms with Crippen molar-refractivity contribution in [3.05, 3.63) is 24.3 Å². The van der Waals surface area contributed by atoms with Gasteiger partial charge in [-0.3, -0.25) is 0 Å². The van der Waals surface area contributed by atoms with Gasteiger partial charge in [0.25, 0.3) is 0 Å². The third-order valence-corrected chi connectivity index (χ3v) is 5.26. The first kappa shape index (κ1) is 16.2. The summed E-state index contributed by atoms with van der Waals surface area (Å²) in [6, 6.07) is 6.25. The number of rotatable bonds is 6. The average molecular weight is 315 g/mol. The molecule has 0 amide bonds. The van der Waals surface area contributed by atoms with E-state index in [2.05, 4.69) is 0 Å². The molecule has 1 N–H and O–H groups in total. The highest BCUT2D eigenvalue weighted by Gasteiger charge is 2.29. The van der Waals surface area contributed by atoms with Gasteiger partial charge in [-0.1, -0.05) is 6.92 Å². The highest BCUT2D eigenvalue weighted by molar-refractivity contribution is 7.89. The molecule has 1 heterocycles. The molecule has 0 aliphatic carbocycles. The van der Waals surface area contributed by atoms with Gasteiger partial charge in [0.2, 0.25) is 10.0 Å². The van der Waals surface area contributed by atoms with Gasteiger partial charge in [0, 0.05) is 13.1 Å². The lowest BCUT2D eigenvalue weighted by molar-refractivity contribution is -0.00278. The monoisotopic (exact) mass is 315 g/mol. The van der Waals surface area contributed by atoms with Crippen molar-refractivity contribution < 1.29 is 23.0 Å². The summed E-state index contributed by atoms with van der Waals surface area (Å²) >= 11 is 0. The van der Waals surface area contributed by atoms with Crippen LogP contribution in [0.25, 0.3) is 0 Å². The maximum atomic E-state index is 12.6. The Morgan fingerprint density at radius 1 is 1.38 bits per heavy atom. The highest BCUT2D eigenvalue weighted by atomic mass is 32.2. The number of benzene rings is 1. The van der Waals surface area contributed by atoms with Crippen molar-refractivity contribution in [2.75, 3.05) is 32.9 Å². The van der Waals surface area contributed by atoms with E-state index in [0.717, 1.165) is 6.42 Å². The van der Waals surface area contributed by atoms with Gasteiger partial charge in [0.05, 0.1) is 24.2 Å². The molecular formula is C14H21NO5S. The first-order valence-corrected chi connectivity index (χ1v) is 8.47. The molecule has 21 heavy (non-hydrogen) atoms. The second kappa shape index (κ2) is 7.22. The molecule has 0 radical (unpaired) electrons. The minimum atomic E-state index is -3.49. The van der Waals surface area contributed by atoms with Crippen molar-refractivity contribution in [3.63, 3.8) is 0 Å². The molecule has 1 aliphatic rings. The van der Waals surface area contributed by atoms with Crippen LogP contribution in [0.4, 0.5) is 0 Å². The number of morpholine rings is 1. The predicted octanol–water partition coefficient (Wildman–Crippen LogP) is 0.857. The lowest BCUT2D eigenvalue weighted by Crippen LogP contribution is -2.45. The molecule has 118 valence electrons. The van der Waals surface area contributed by atoms with E-state index in [1.54, 1.807) is 12.1 Å². The molecule has 0 aromatic heterocycles. The Kier molecular flexibility index (Phi) is 5.58. The highest BCUT2D eigenvalue weighted by Crippen LogP contribution is 2.22. The Morgan fingerprint density at radius 3 is 2.71 bits per heavy atom. The molecule has 1 fully saturated rings. The molecule has 1 saturated heterocycles. The van der Waals surface area contributed by atoms with E-state index in [4.69, 9.17) is 14.6 Å². The quantitative estimate of drug-likeness (QED) is 0.842. The largest absolute Gasteiger partial charge is 0.491 e. The lowest BCUT2D eigenvalue weighted by atomic mass is 10.2. The number of aliphatic hydroxyl groups is 1. The molecule has 1 aromatic rings. The Morgan fingerprint density at radius 2 is 2.10 bits per heavy atom. The summed E-state index contributed by atoms with van der Waals surface area (Å²) in [6.07, 6.45) is 0.751. The minimum absolute atomic E-state index is 0.0410. The number of hydrogen-bond donors (Lipinski definition) is 1. The summed E-state index contributed by atoms with van der Waals surface area (Å²) in [5.41, 5.74) is 0. The molecule has 2 rings (SSSR count). The van der Waals surface area contributed by atoms with Crippen molar-refractivity contribution in [2.45, 2.75) is 24.3 Å². The van der Waals surface area contributed by atoms with Crippen LogP contribution in [0.5, 0.6) is 5.75 Å². The Bertz CT molecular complexity index is 543. The second-order valence-corrected chi connectivity index (χ2v) is 6.75. The van der Waals surface area contributed by atoms with Crippen LogP contribution in [0.3, 0.4) is 0 Å². The fourth-order valence-corrected chi connectivity index (χ4v) is 3.63. The van der Waals surface area contributed by atoms with E-state index in [1.807, 2.05) is 6.92 Å². The number of ether oxygens (including phenoxy) is 2. The van der Waals surface area contributed by atoms with E-state index < -0.39 is 10.0 Å². The maximum Gasteiger partial charge on any atom is 0.243 e. The Hall–Kier alpha value is -1.15. The maximum absolute atomic E-state index is 12.6. The Balaban J connectivity index is 2.11. The lowest BCUT2D eigenvalue weighted by Gasteiger charge is -2.31. The van der Waals surface area contributed by atoms with Crippen LogP contribution >= 0.6 is 0 Å². The molecule has 1 aromatic carbocycles. The van der Waals surface area contributed by atoms with Gasteiger partial charge in [0.15, 0.2) is 0 Å². The van der Waals surface area contributed by atoms with E-state index in [-0.39, 0.29) is 24.2 Å². The normalized spacial score (nSPS) is 20.4. The number of nitrogens with zero attached hydrogens (tertiary/aromatic N) is 1. The topological polar surface area (TPSA) is 76.1 Å². The van der Waals surface area contributed by atoms with Crippen LogP contribution in [0.15, 0.2) is 29.2 Å². The summed E-state index contributed by atoms with van der Waals surface area (Å²) in [7, 11) is -3.49.